The van der Waals surface area contributed by atoms with Gasteiger partial charge in [0.2, 0.25) is 0 Å². The summed E-state index contributed by atoms with van der Waals surface area (Å²) in [6.45, 7) is 1.69. The Morgan fingerprint density at radius 1 is 1.19 bits per heavy atom. The van der Waals surface area contributed by atoms with Gasteiger partial charge in [-0.2, -0.15) is 5.26 Å². The molecule has 2 aromatic carbocycles. The number of nitriles is 1. The second kappa shape index (κ2) is 7.66. The smallest absolute Gasteiger partial charge is 0.283 e. The number of nitro benzene ring substituents is 1. The van der Waals surface area contributed by atoms with Crippen LogP contribution in [0.15, 0.2) is 63.1 Å². The number of hydrogen-bond acceptors (Lipinski definition) is 5. The molecule has 0 atom stereocenters. The second-order valence-corrected chi connectivity index (χ2v) is 7.23. The van der Waals surface area contributed by atoms with E-state index in [1.54, 1.807) is 49.4 Å². The molecule has 0 fully saturated rings. The third kappa shape index (κ3) is 4.03. The molecule has 27 heavy (non-hydrogen) atoms. The van der Waals surface area contributed by atoms with Gasteiger partial charge in [0, 0.05) is 27.2 Å². The number of aromatic amines is 1. The molecule has 1 N–H and O–H groups in total. The lowest BCUT2D eigenvalue weighted by Gasteiger charge is -2.08. The number of nitro groups is 1. The van der Waals surface area contributed by atoms with Gasteiger partial charge >= 0.3 is 0 Å². The highest BCUT2D eigenvalue weighted by Gasteiger charge is 2.19. The number of aromatic nitrogens is 1. The van der Waals surface area contributed by atoms with E-state index in [0.29, 0.717) is 26.7 Å². The molecule has 1 aromatic heterocycles. The summed E-state index contributed by atoms with van der Waals surface area (Å²) < 4.78 is 0. The average Bonchev–Trinajstić information content (AvgIpc) is 2.63. The maximum absolute atomic E-state index is 12.0. The van der Waals surface area contributed by atoms with E-state index >= 15 is 0 Å². The number of H-pyrrole nitrogens is 1. The van der Waals surface area contributed by atoms with E-state index < -0.39 is 10.5 Å². The van der Waals surface area contributed by atoms with Gasteiger partial charge in [0.25, 0.3) is 11.2 Å². The summed E-state index contributed by atoms with van der Waals surface area (Å²) in [5, 5.41) is 21.4. The van der Waals surface area contributed by atoms with Gasteiger partial charge in [-0.1, -0.05) is 29.4 Å². The molecule has 134 valence electrons. The predicted octanol–water partition coefficient (Wildman–Crippen LogP) is 4.93. The molecule has 0 radical (unpaired) electrons. The summed E-state index contributed by atoms with van der Waals surface area (Å²) in [6, 6.07) is 15.1. The number of benzene rings is 2. The fraction of sp³-hybridized carbons (Fsp3) is 0.0526. The highest BCUT2D eigenvalue weighted by atomic mass is 35.5. The van der Waals surface area contributed by atoms with Crippen molar-refractivity contribution in [1.82, 2.24) is 4.98 Å². The van der Waals surface area contributed by atoms with E-state index in [1.165, 1.54) is 17.8 Å². The molecule has 0 amide bonds. The molecular weight excluding hydrogens is 386 g/mol. The summed E-state index contributed by atoms with van der Waals surface area (Å²) in [7, 11) is 0. The summed E-state index contributed by atoms with van der Waals surface area (Å²) >= 11 is 7.11. The van der Waals surface area contributed by atoms with Crippen molar-refractivity contribution in [3.63, 3.8) is 0 Å². The SMILES string of the molecule is Cc1cc(-c2ccc(Sc3ccc(Cl)cc3)c([N+](=O)[O-])c2)c(C#N)c(=O)[nH]1. The van der Waals surface area contributed by atoms with Crippen LogP contribution in [0, 0.1) is 28.4 Å². The van der Waals surface area contributed by atoms with Gasteiger partial charge in [0.1, 0.15) is 11.6 Å². The third-order valence-corrected chi connectivity index (χ3v) is 5.11. The van der Waals surface area contributed by atoms with Crippen LogP contribution in [0.5, 0.6) is 0 Å². The molecule has 3 rings (SSSR count). The number of hydrogen-bond donors (Lipinski definition) is 1. The molecule has 0 saturated heterocycles. The summed E-state index contributed by atoms with van der Waals surface area (Å²) in [5.74, 6) is 0. The zero-order chi connectivity index (χ0) is 19.6. The van der Waals surface area contributed by atoms with Crippen molar-refractivity contribution in [2.45, 2.75) is 16.7 Å². The fourth-order valence-electron chi connectivity index (χ4n) is 2.57. The van der Waals surface area contributed by atoms with Crippen LogP contribution < -0.4 is 5.56 Å². The summed E-state index contributed by atoms with van der Waals surface area (Å²) in [4.78, 5) is 26.9. The van der Waals surface area contributed by atoms with Gasteiger partial charge in [0.15, 0.2) is 0 Å². The lowest BCUT2D eigenvalue weighted by molar-refractivity contribution is -0.387. The molecule has 0 aliphatic carbocycles. The van der Waals surface area contributed by atoms with Gasteiger partial charge < -0.3 is 4.98 Å². The van der Waals surface area contributed by atoms with Crippen molar-refractivity contribution in [3.05, 3.63) is 85.3 Å². The average molecular weight is 398 g/mol. The van der Waals surface area contributed by atoms with Crippen molar-refractivity contribution in [2.75, 3.05) is 0 Å². The minimum absolute atomic E-state index is 0.0759. The highest BCUT2D eigenvalue weighted by molar-refractivity contribution is 7.99. The lowest BCUT2D eigenvalue weighted by Crippen LogP contribution is -2.12. The van der Waals surface area contributed by atoms with Crippen molar-refractivity contribution in [3.8, 4) is 17.2 Å². The predicted molar refractivity (Wildman–Crippen MR) is 104 cm³/mol. The van der Waals surface area contributed by atoms with E-state index in [4.69, 9.17) is 11.6 Å². The van der Waals surface area contributed by atoms with E-state index in [1.807, 2.05) is 6.07 Å². The topological polar surface area (TPSA) is 99.8 Å². The second-order valence-electron chi connectivity index (χ2n) is 5.68. The van der Waals surface area contributed by atoms with Crippen LogP contribution in [0.4, 0.5) is 5.69 Å². The van der Waals surface area contributed by atoms with E-state index in [-0.39, 0.29) is 11.3 Å². The Balaban J connectivity index is 2.10. The quantitative estimate of drug-likeness (QED) is 0.496. The molecule has 0 spiro atoms. The normalized spacial score (nSPS) is 10.4. The number of aryl methyl sites for hydroxylation is 1. The molecule has 3 aromatic rings. The monoisotopic (exact) mass is 397 g/mol. The van der Waals surface area contributed by atoms with Crippen molar-refractivity contribution in [1.29, 1.82) is 5.26 Å². The molecule has 0 aliphatic rings. The summed E-state index contributed by atoms with van der Waals surface area (Å²) in [5.41, 5.74) is 0.672. The Bertz CT molecular complexity index is 1130. The third-order valence-electron chi connectivity index (χ3n) is 3.79. The van der Waals surface area contributed by atoms with Gasteiger partial charge in [0.05, 0.1) is 9.82 Å². The molecule has 6 nitrogen and oxygen atoms in total. The molecule has 8 heteroatoms. The van der Waals surface area contributed by atoms with Crippen LogP contribution in [0.1, 0.15) is 11.3 Å². The molecular formula is C19H12ClN3O3S. The number of rotatable bonds is 4. The van der Waals surface area contributed by atoms with E-state index in [2.05, 4.69) is 4.98 Å². The number of nitrogens with one attached hydrogen (secondary N) is 1. The van der Waals surface area contributed by atoms with Gasteiger partial charge in [-0.3, -0.25) is 14.9 Å². The number of nitrogens with zero attached hydrogens (tertiary/aromatic N) is 2. The van der Waals surface area contributed by atoms with Crippen LogP contribution in [-0.4, -0.2) is 9.91 Å². The lowest BCUT2D eigenvalue weighted by atomic mass is 10.0. The molecule has 0 bridgehead atoms. The minimum atomic E-state index is -0.519. The Morgan fingerprint density at radius 2 is 1.89 bits per heavy atom. The fourth-order valence-corrected chi connectivity index (χ4v) is 3.60. The van der Waals surface area contributed by atoms with Gasteiger partial charge in [-0.25, -0.2) is 0 Å². The van der Waals surface area contributed by atoms with Crippen molar-refractivity contribution < 1.29 is 4.92 Å². The zero-order valence-corrected chi connectivity index (χ0v) is 15.6. The van der Waals surface area contributed by atoms with Crippen LogP contribution in [-0.2, 0) is 0 Å². The van der Waals surface area contributed by atoms with Crippen molar-refractivity contribution in [2.24, 2.45) is 0 Å². The Kier molecular flexibility index (Phi) is 5.31. The Labute approximate surface area is 163 Å². The number of halogens is 1. The van der Waals surface area contributed by atoms with Crippen LogP contribution in [0.3, 0.4) is 0 Å². The standard InChI is InChI=1S/C19H12ClN3O3S/c1-11-8-15(16(10-21)19(24)22-11)12-2-7-18(17(9-12)23(25)26)27-14-5-3-13(20)4-6-14/h2-9H,1H3,(H,22,24). The Hall–Kier alpha value is -3.08. The Morgan fingerprint density at radius 3 is 2.52 bits per heavy atom. The zero-order valence-electron chi connectivity index (χ0n) is 14.0. The first-order chi connectivity index (χ1) is 12.9. The van der Waals surface area contributed by atoms with Crippen LogP contribution in [0.2, 0.25) is 5.02 Å². The highest BCUT2D eigenvalue weighted by Crippen LogP contribution is 2.38. The largest absolute Gasteiger partial charge is 0.325 e. The van der Waals surface area contributed by atoms with Crippen LogP contribution in [0.25, 0.3) is 11.1 Å². The molecule has 0 aliphatic heterocycles. The minimum Gasteiger partial charge on any atom is -0.325 e. The maximum Gasteiger partial charge on any atom is 0.283 e. The first-order valence-electron chi connectivity index (χ1n) is 7.75. The van der Waals surface area contributed by atoms with Crippen LogP contribution >= 0.6 is 23.4 Å². The maximum atomic E-state index is 12.0. The first kappa shape index (κ1) is 18.7. The van der Waals surface area contributed by atoms with E-state index in [0.717, 1.165) is 4.90 Å². The first-order valence-corrected chi connectivity index (χ1v) is 8.94. The molecule has 1 heterocycles. The van der Waals surface area contributed by atoms with E-state index in [9.17, 15) is 20.2 Å². The van der Waals surface area contributed by atoms with Crippen molar-refractivity contribution >= 4 is 29.1 Å². The van der Waals surface area contributed by atoms with Gasteiger partial charge in [-0.15, -0.1) is 0 Å². The molecule has 0 unspecified atom stereocenters. The number of pyridine rings is 1. The summed E-state index contributed by atoms with van der Waals surface area (Å²) in [6.07, 6.45) is 0. The molecule has 0 saturated carbocycles. The van der Waals surface area contributed by atoms with Gasteiger partial charge in [-0.05, 0) is 48.9 Å².